The van der Waals surface area contributed by atoms with Gasteiger partial charge in [-0.1, -0.05) is 55.9 Å². The van der Waals surface area contributed by atoms with E-state index >= 15 is 0 Å². The van der Waals surface area contributed by atoms with Gasteiger partial charge in [0.1, 0.15) is 0 Å². The topological polar surface area (TPSA) is 34.1 Å². The molecule has 0 heterocycles. The molecule has 0 saturated heterocycles. The number of allylic oxidation sites excluding steroid dienone is 2. The fourth-order valence-electron chi connectivity index (χ4n) is 4.41. The summed E-state index contributed by atoms with van der Waals surface area (Å²) in [5.74, 6) is 0.849. The summed E-state index contributed by atoms with van der Waals surface area (Å²) in [6, 6.07) is 9.08. The average Bonchev–Trinajstić information content (AvgIpc) is 2.53. The molecule has 1 aromatic rings. The van der Waals surface area contributed by atoms with E-state index in [1.54, 1.807) is 12.1 Å². The van der Waals surface area contributed by atoms with Gasteiger partial charge in [0, 0.05) is 4.91 Å². The molecule has 0 unspecified atom stereocenters. The summed E-state index contributed by atoms with van der Waals surface area (Å²) in [4.78, 5) is 1.32. The fourth-order valence-corrected chi connectivity index (χ4v) is 9.45. The van der Waals surface area contributed by atoms with Crippen molar-refractivity contribution in [3.63, 3.8) is 0 Å². The molecule has 2 nitrogen and oxygen atoms in total. The Kier molecular flexibility index (Phi) is 4.58. The Labute approximate surface area is 141 Å². The Balaban J connectivity index is 2.18. The Morgan fingerprint density at radius 2 is 1.61 bits per heavy atom. The predicted molar refractivity (Wildman–Crippen MR) is 98.7 cm³/mol. The molecule has 1 aromatic carbocycles. The second kappa shape index (κ2) is 6.21. The maximum Gasteiger partial charge on any atom is 0.202 e. The maximum absolute atomic E-state index is 13.5. The summed E-state index contributed by atoms with van der Waals surface area (Å²) in [7, 11) is -4.99. The third kappa shape index (κ3) is 3.20. The van der Waals surface area contributed by atoms with E-state index in [0.29, 0.717) is 10.8 Å². The normalized spacial score (nSPS) is 26.0. The van der Waals surface area contributed by atoms with Crippen molar-refractivity contribution in [2.45, 2.75) is 63.1 Å². The predicted octanol–water partition coefficient (Wildman–Crippen LogP) is 5.19. The molecule has 4 heteroatoms. The first-order valence-electron chi connectivity index (χ1n) is 8.85. The first kappa shape index (κ1) is 17.0. The average molecular weight is 349 g/mol. The molecule has 0 amide bonds. The number of sulfone groups is 1. The van der Waals surface area contributed by atoms with Gasteiger partial charge in [-0.25, -0.2) is 8.42 Å². The number of hydrogen-bond acceptors (Lipinski definition) is 2. The van der Waals surface area contributed by atoms with E-state index in [2.05, 4.69) is 19.6 Å². The summed E-state index contributed by atoms with van der Waals surface area (Å²) < 4.78 is 26.9. The van der Waals surface area contributed by atoms with E-state index in [1.807, 2.05) is 18.2 Å². The van der Waals surface area contributed by atoms with E-state index in [9.17, 15) is 8.42 Å². The van der Waals surface area contributed by atoms with Gasteiger partial charge in [-0.2, -0.15) is 0 Å². The number of rotatable bonds is 3. The van der Waals surface area contributed by atoms with Crippen molar-refractivity contribution in [3.8, 4) is 0 Å². The number of benzene rings is 1. The van der Waals surface area contributed by atoms with Gasteiger partial charge in [0.15, 0.2) is 0 Å². The minimum absolute atomic E-state index is 0.268. The summed E-state index contributed by atoms with van der Waals surface area (Å²) >= 11 is 0. The monoisotopic (exact) mass is 348 g/mol. The lowest BCUT2D eigenvalue weighted by molar-refractivity contribution is 0.251. The molecule has 2 aliphatic rings. The van der Waals surface area contributed by atoms with Gasteiger partial charge in [0.25, 0.3) is 0 Å². The Morgan fingerprint density at radius 1 is 0.957 bits per heavy atom. The zero-order valence-electron chi connectivity index (χ0n) is 14.5. The third-order valence-corrected chi connectivity index (χ3v) is 10.1. The first-order valence-corrected chi connectivity index (χ1v) is 13.8. The van der Waals surface area contributed by atoms with Crippen LogP contribution in [0, 0.1) is 11.8 Å². The van der Waals surface area contributed by atoms with Crippen LogP contribution in [0.5, 0.6) is 0 Å². The van der Waals surface area contributed by atoms with Crippen LogP contribution in [0.1, 0.15) is 38.5 Å². The maximum atomic E-state index is 13.5. The highest BCUT2D eigenvalue weighted by atomic mass is 32.2. The van der Waals surface area contributed by atoms with E-state index < -0.39 is 17.9 Å². The molecule has 0 aromatic heterocycles. The number of hydrogen-bond donors (Lipinski definition) is 0. The van der Waals surface area contributed by atoms with Crippen molar-refractivity contribution in [2.24, 2.45) is 11.8 Å². The molecule has 0 spiro atoms. The molecule has 1 fully saturated rings. The molecule has 0 N–H and O–H groups in total. The molecule has 3 rings (SSSR count). The largest absolute Gasteiger partial charge is 0.219 e. The van der Waals surface area contributed by atoms with Gasteiger partial charge in [0.2, 0.25) is 9.84 Å². The van der Waals surface area contributed by atoms with Gasteiger partial charge < -0.3 is 0 Å². The van der Waals surface area contributed by atoms with Gasteiger partial charge in [-0.05, 0) is 49.7 Å². The second-order valence-corrected chi connectivity index (χ2v) is 15.1. The summed E-state index contributed by atoms with van der Waals surface area (Å²) in [5.41, 5.74) is 0. The van der Waals surface area contributed by atoms with Crippen molar-refractivity contribution in [1.29, 1.82) is 0 Å². The SMILES string of the molecule is C[Si](C)(C)C1=C(S(=O)(=O)c2ccccc2)[C@H]2CCCC[C@@H]2CC1. The molecule has 2 atom stereocenters. The number of fused-ring (bicyclic) bond motifs is 1. The lowest BCUT2D eigenvalue weighted by Gasteiger charge is -2.41. The highest BCUT2D eigenvalue weighted by Gasteiger charge is 2.42. The van der Waals surface area contributed by atoms with Gasteiger partial charge in [0.05, 0.1) is 13.0 Å². The van der Waals surface area contributed by atoms with Crippen LogP contribution in [0.25, 0.3) is 0 Å². The molecular weight excluding hydrogens is 320 g/mol. The van der Waals surface area contributed by atoms with E-state index in [4.69, 9.17) is 0 Å². The quantitative estimate of drug-likeness (QED) is 0.704. The van der Waals surface area contributed by atoms with Crippen LogP contribution in [0.15, 0.2) is 45.3 Å². The molecule has 0 radical (unpaired) electrons. The minimum atomic E-state index is -3.35. The Bertz CT molecular complexity index is 699. The summed E-state index contributed by atoms with van der Waals surface area (Å²) in [5, 5.41) is 1.31. The van der Waals surface area contributed by atoms with Crippen LogP contribution in [0.4, 0.5) is 0 Å². The van der Waals surface area contributed by atoms with E-state index in [1.165, 1.54) is 30.9 Å². The van der Waals surface area contributed by atoms with Crippen molar-refractivity contribution in [2.75, 3.05) is 0 Å². The van der Waals surface area contributed by atoms with Crippen LogP contribution in [0.3, 0.4) is 0 Å². The smallest absolute Gasteiger partial charge is 0.202 e. The van der Waals surface area contributed by atoms with Crippen LogP contribution >= 0.6 is 0 Å². The lowest BCUT2D eigenvalue weighted by Crippen LogP contribution is -2.37. The second-order valence-electron chi connectivity index (χ2n) is 8.10. The van der Waals surface area contributed by atoms with E-state index in [0.717, 1.165) is 17.7 Å². The lowest BCUT2D eigenvalue weighted by atomic mass is 9.74. The molecule has 2 aliphatic carbocycles. The van der Waals surface area contributed by atoms with Crippen LogP contribution in [-0.2, 0) is 9.84 Å². The minimum Gasteiger partial charge on any atom is -0.219 e. The highest BCUT2D eigenvalue weighted by Crippen LogP contribution is 2.48. The standard InChI is InChI=1S/C19H28O2SSi/c1-23(2,3)18-14-13-15-9-7-8-12-17(15)19(18)22(20,21)16-10-5-4-6-11-16/h4-6,10-11,15,17H,7-9,12-14H2,1-3H3/t15-,17+/m1/s1. The van der Waals surface area contributed by atoms with Crippen LogP contribution in [0.2, 0.25) is 19.6 Å². The Morgan fingerprint density at radius 3 is 2.26 bits per heavy atom. The van der Waals surface area contributed by atoms with Crippen molar-refractivity contribution < 1.29 is 8.42 Å². The van der Waals surface area contributed by atoms with Gasteiger partial charge in [-0.3, -0.25) is 0 Å². The van der Waals surface area contributed by atoms with Crippen molar-refractivity contribution >= 4 is 17.9 Å². The molecule has 126 valence electrons. The zero-order chi connectivity index (χ0) is 16.7. The third-order valence-electron chi connectivity index (χ3n) is 5.56. The fraction of sp³-hybridized carbons (Fsp3) is 0.579. The van der Waals surface area contributed by atoms with Crippen molar-refractivity contribution in [3.05, 3.63) is 40.4 Å². The van der Waals surface area contributed by atoms with Crippen molar-refractivity contribution in [1.82, 2.24) is 0 Å². The van der Waals surface area contributed by atoms with Crippen LogP contribution in [-0.4, -0.2) is 16.5 Å². The molecule has 0 aliphatic heterocycles. The first-order chi connectivity index (χ1) is 10.8. The highest BCUT2D eigenvalue weighted by molar-refractivity contribution is 7.95. The van der Waals surface area contributed by atoms with Crippen LogP contribution < -0.4 is 0 Å². The van der Waals surface area contributed by atoms with Gasteiger partial charge >= 0.3 is 0 Å². The summed E-state index contributed by atoms with van der Waals surface area (Å²) in [6.45, 7) is 6.89. The molecule has 23 heavy (non-hydrogen) atoms. The van der Waals surface area contributed by atoms with E-state index in [-0.39, 0.29) is 5.92 Å². The Hall–Kier alpha value is -0.873. The zero-order valence-corrected chi connectivity index (χ0v) is 16.3. The summed E-state index contributed by atoms with van der Waals surface area (Å²) in [6.07, 6.45) is 6.89. The molecule has 1 saturated carbocycles. The molecular formula is C19H28O2SSi. The molecule has 0 bridgehead atoms. The van der Waals surface area contributed by atoms with Gasteiger partial charge in [-0.15, -0.1) is 0 Å².